The molecule has 0 aliphatic carbocycles. The second-order valence-corrected chi connectivity index (χ2v) is 5.44. The van der Waals surface area contributed by atoms with E-state index in [1.165, 1.54) is 6.07 Å². The molecule has 1 atom stereocenters. The maximum atomic E-state index is 13.6. The smallest absolute Gasteiger partial charge is 0.142 e. The summed E-state index contributed by atoms with van der Waals surface area (Å²) in [6.07, 6.45) is 1.48. The first-order chi connectivity index (χ1) is 10.0. The lowest BCUT2D eigenvalue weighted by atomic mass is 9.96. The first kappa shape index (κ1) is 15.9. The van der Waals surface area contributed by atoms with Gasteiger partial charge >= 0.3 is 0 Å². The molecule has 3 nitrogen and oxygen atoms in total. The molecule has 0 aliphatic heterocycles. The van der Waals surface area contributed by atoms with Crippen molar-refractivity contribution < 1.29 is 4.39 Å². The van der Waals surface area contributed by atoms with Crippen LogP contribution in [0, 0.1) is 12.7 Å². The molecule has 0 radical (unpaired) electrons. The van der Waals surface area contributed by atoms with E-state index in [1.807, 2.05) is 26.1 Å². The third kappa shape index (κ3) is 3.77. The van der Waals surface area contributed by atoms with Crippen LogP contribution in [0.25, 0.3) is 0 Å². The van der Waals surface area contributed by atoms with E-state index >= 15 is 0 Å². The Morgan fingerprint density at radius 1 is 1.29 bits per heavy atom. The van der Waals surface area contributed by atoms with E-state index in [-0.39, 0.29) is 16.9 Å². The van der Waals surface area contributed by atoms with E-state index < -0.39 is 0 Å². The first-order valence-corrected chi connectivity index (χ1v) is 7.37. The Hall–Kier alpha value is -1.52. The highest BCUT2D eigenvalue weighted by Crippen LogP contribution is 2.23. The summed E-state index contributed by atoms with van der Waals surface area (Å²) >= 11 is 5.73. The summed E-state index contributed by atoms with van der Waals surface area (Å²) in [4.78, 5) is 0. The maximum absolute atomic E-state index is 13.6. The number of aromatic nitrogens is 2. The number of nitrogens with one attached hydrogen (secondary N) is 1. The predicted octanol–water partition coefficient (Wildman–Crippen LogP) is 3.64. The Labute approximate surface area is 129 Å². The molecule has 1 unspecified atom stereocenters. The predicted molar refractivity (Wildman–Crippen MR) is 83.1 cm³/mol. The van der Waals surface area contributed by atoms with Gasteiger partial charge in [0.15, 0.2) is 0 Å². The van der Waals surface area contributed by atoms with Crippen LogP contribution >= 0.6 is 11.6 Å². The normalized spacial score (nSPS) is 12.4. The van der Waals surface area contributed by atoms with Crippen molar-refractivity contribution in [2.45, 2.75) is 32.7 Å². The summed E-state index contributed by atoms with van der Waals surface area (Å²) < 4.78 is 13.6. The number of hydrogen-bond acceptors (Lipinski definition) is 3. The number of aryl methyl sites for hydroxylation is 2. The van der Waals surface area contributed by atoms with Crippen LogP contribution in [0.2, 0.25) is 5.02 Å². The van der Waals surface area contributed by atoms with Crippen molar-refractivity contribution in [2.75, 3.05) is 7.05 Å². The summed E-state index contributed by atoms with van der Waals surface area (Å²) in [7, 11) is 1.89. The largest absolute Gasteiger partial charge is 0.313 e. The van der Waals surface area contributed by atoms with Crippen LogP contribution in [0.5, 0.6) is 0 Å². The van der Waals surface area contributed by atoms with Gasteiger partial charge in [0.05, 0.1) is 16.4 Å². The van der Waals surface area contributed by atoms with E-state index in [9.17, 15) is 4.39 Å². The molecule has 2 rings (SSSR count). The molecule has 112 valence electrons. The maximum Gasteiger partial charge on any atom is 0.142 e. The number of rotatable bonds is 5. The molecule has 2 aromatic rings. The summed E-state index contributed by atoms with van der Waals surface area (Å²) in [6, 6.07) is 7.03. The fourth-order valence-corrected chi connectivity index (χ4v) is 2.50. The number of nitrogens with zero attached hydrogens (tertiary/aromatic N) is 2. The van der Waals surface area contributed by atoms with Gasteiger partial charge in [-0.05, 0) is 56.1 Å². The van der Waals surface area contributed by atoms with E-state index in [2.05, 4.69) is 22.4 Å². The highest BCUT2D eigenvalue weighted by Gasteiger charge is 2.16. The molecule has 1 heterocycles. The Morgan fingerprint density at radius 2 is 2.05 bits per heavy atom. The Bertz CT molecular complexity index is 631. The lowest BCUT2D eigenvalue weighted by molar-refractivity contribution is 0.573. The molecule has 21 heavy (non-hydrogen) atoms. The van der Waals surface area contributed by atoms with Crippen LogP contribution in [0.1, 0.15) is 35.5 Å². The van der Waals surface area contributed by atoms with Gasteiger partial charge in [-0.25, -0.2) is 4.39 Å². The zero-order chi connectivity index (χ0) is 15.4. The van der Waals surface area contributed by atoms with Gasteiger partial charge in [-0.3, -0.25) is 0 Å². The Morgan fingerprint density at radius 3 is 2.67 bits per heavy atom. The molecule has 0 amide bonds. The average Bonchev–Trinajstić information content (AvgIpc) is 2.48. The number of hydrogen-bond donors (Lipinski definition) is 1. The second-order valence-electron chi connectivity index (χ2n) is 5.04. The Kier molecular flexibility index (Phi) is 5.26. The number of benzene rings is 1. The molecule has 1 aromatic heterocycles. The quantitative estimate of drug-likeness (QED) is 0.916. The van der Waals surface area contributed by atoms with E-state index in [4.69, 9.17) is 11.6 Å². The van der Waals surface area contributed by atoms with E-state index in [0.717, 1.165) is 28.9 Å². The minimum atomic E-state index is -0.385. The fourth-order valence-electron chi connectivity index (χ4n) is 2.38. The standard InChI is InChI=1S/C16H19ClFN3/c1-4-15-12(7-10(2)20-21-15)16(19-3)9-11-5-6-13(17)14(18)8-11/h5-8,16,19H,4,9H2,1-3H3. The van der Waals surface area contributed by atoms with Crippen molar-refractivity contribution in [1.29, 1.82) is 0 Å². The van der Waals surface area contributed by atoms with Crippen LogP contribution < -0.4 is 5.32 Å². The van der Waals surface area contributed by atoms with Crippen LogP contribution in [0.15, 0.2) is 24.3 Å². The lowest BCUT2D eigenvalue weighted by Gasteiger charge is -2.19. The molecule has 1 N–H and O–H groups in total. The van der Waals surface area contributed by atoms with Crippen molar-refractivity contribution in [3.63, 3.8) is 0 Å². The Balaban J connectivity index is 2.31. The van der Waals surface area contributed by atoms with Crippen molar-refractivity contribution in [3.8, 4) is 0 Å². The van der Waals surface area contributed by atoms with Gasteiger partial charge in [-0.15, -0.1) is 0 Å². The molecule has 0 aliphatic rings. The van der Waals surface area contributed by atoms with Crippen molar-refractivity contribution in [1.82, 2.24) is 15.5 Å². The van der Waals surface area contributed by atoms with Crippen molar-refractivity contribution in [2.24, 2.45) is 0 Å². The van der Waals surface area contributed by atoms with Crippen LogP contribution in [0.3, 0.4) is 0 Å². The zero-order valence-corrected chi connectivity index (χ0v) is 13.2. The fraction of sp³-hybridized carbons (Fsp3) is 0.375. The molecule has 0 fully saturated rings. The van der Waals surface area contributed by atoms with Crippen LogP contribution in [-0.2, 0) is 12.8 Å². The molecular formula is C16H19ClFN3. The second kappa shape index (κ2) is 6.96. The van der Waals surface area contributed by atoms with E-state index in [0.29, 0.717) is 6.42 Å². The van der Waals surface area contributed by atoms with E-state index in [1.54, 1.807) is 6.07 Å². The summed E-state index contributed by atoms with van der Waals surface area (Å²) in [5.41, 5.74) is 3.86. The summed E-state index contributed by atoms with van der Waals surface area (Å²) in [5, 5.41) is 11.8. The first-order valence-electron chi connectivity index (χ1n) is 6.99. The van der Waals surface area contributed by atoms with Crippen molar-refractivity contribution in [3.05, 3.63) is 57.6 Å². The summed E-state index contributed by atoms with van der Waals surface area (Å²) in [6.45, 7) is 3.97. The zero-order valence-electron chi connectivity index (χ0n) is 12.5. The average molecular weight is 308 g/mol. The molecular weight excluding hydrogens is 289 g/mol. The number of likely N-dealkylation sites (N-methyl/N-ethyl adjacent to an activating group) is 1. The monoisotopic (exact) mass is 307 g/mol. The van der Waals surface area contributed by atoms with Gasteiger partial charge in [-0.2, -0.15) is 10.2 Å². The van der Waals surface area contributed by atoms with Gasteiger partial charge < -0.3 is 5.32 Å². The minimum absolute atomic E-state index is 0.0646. The highest BCUT2D eigenvalue weighted by molar-refractivity contribution is 6.30. The third-order valence-electron chi connectivity index (χ3n) is 3.51. The molecule has 1 aromatic carbocycles. The topological polar surface area (TPSA) is 37.8 Å². The van der Waals surface area contributed by atoms with Gasteiger partial charge in [-0.1, -0.05) is 24.6 Å². The lowest BCUT2D eigenvalue weighted by Crippen LogP contribution is -2.21. The molecule has 0 spiro atoms. The highest BCUT2D eigenvalue weighted by atomic mass is 35.5. The minimum Gasteiger partial charge on any atom is -0.313 e. The number of halogens is 2. The van der Waals surface area contributed by atoms with Gasteiger partial charge in [0.1, 0.15) is 5.82 Å². The summed E-state index contributed by atoms with van der Waals surface area (Å²) in [5.74, 6) is -0.385. The SMILES string of the molecule is CCc1nnc(C)cc1C(Cc1ccc(Cl)c(F)c1)NC. The van der Waals surface area contributed by atoms with Gasteiger partial charge in [0.2, 0.25) is 0 Å². The molecule has 5 heteroatoms. The van der Waals surface area contributed by atoms with Gasteiger partial charge in [0.25, 0.3) is 0 Å². The van der Waals surface area contributed by atoms with Crippen LogP contribution in [0.4, 0.5) is 4.39 Å². The molecule has 0 saturated heterocycles. The van der Waals surface area contributed by atoms with Gasteiger partial charge in [0, 0.05) is 6.04 Å². The van der Waals surface area contributed by atoms with Crippen LogP contribution in [-0.4, -0.2) is 17.2 Å². The van der Waals surface area contributed by atoms with Crippen molar-refractivity contribution >= 4 is 11.6 Å². The third-order valence-corrected chi connectivity index (χ3v) is 3.82. The molecule has 0 saturated carbocycles. The molecule has 0 bridgehead atoms.